The summed E-state index contributed by atoms with van der Waals surface area (Å²) < 4.78 is 0. The summed E-state index contributed by atoms with van der Waals surface area (Å²) in [4.78, 5) is 25.3. The number of carbonyl (C=O) groups is 1. The number of pyridine rings is 2. The van der Waals surface area contributed by atoms with E-state index in [2.05, 4.69) is 14.9 Å². The van der Waals surface area contributed by atoms with E-state index in [1.54, 1.807) is 6.20 Å². The normalized spacial score (nSPS) is 10.5. The molecule has 0 saturated carbocycles. The highest BCUT2D eigenvalue weighted by Gasteiger charge is 2.17. The van der Waals surface area contributed by atoms with Crippen molar-refractivity contribution >= 4 is 11.6 Å². The number of rotatable bonds is 8. The van der Waals surface area contributed by atoms with Gasteiger partial charge in [0.15, 0.2) is 0 Å². The minimum absolute atomic E-state index is 0.0456. The summed E-state index contributed by atoms with van der Waals surface area (Å²) in [7, 11) is 2.03. The summed E-state index contributed by atoms with van der Waals surface area (Å²) in [5.41, 5.74) is 3.82. The first-order valence-electron chi connectivity index (χ1n) is 9.56. The van der Waals surface area contributed by atoms with Crippen LogP contribution in [0.3, 0.4) is 0 Å². The molecule has 2 aromatic heterocycles. The van der Waals surface area contributed by atoms with Crippen molar-refractivity contribution in [3.05, 3.63) is 90.0 Å². The average molecular weight is 374 g/mol. The van der Waals surface area contributed by atoms with Crippen LogP contribution in [-0.4, -0.2) is 40.9 Å². The van der Waals surface area contributed by atoms with Crippen molar-refractivity contribution < 1.29 is 4.79 Å². The zero-order valence-electron chi connectivity index (χ0n) is 16.5. The number of nitrogens with zero attached hydrogens (tertiary/aromatic N) is 4. The summed E-state index contributed by atoms with van der Waals surface area (Å²) >= 11 is 0. The molecular formula is C23H26N4O. The van der Waals surface area contributed by atoms with E-state index in [-0.39, 0.29) is 5.91 Å². The van der Waals surface area contributed by atoms with Crippen LogP contribution >= 0.6 is 0 Å². The zero-order valence-corrected chi connectivity index (χ0v) is 16.5. The number of carbonyl (C=O) groups excluding carboxylic acids is 1. The van der Waals surface area contributed by atoms with E-state index in [9.17, 15) is 4.79 Å². The van der Waals surface area contributed by atoms with E-state index >= 15 is 0 Å². The predicted molar refractivity (Wildman–Crippen MR) is 112 cm³/mol. The van der Waals surface area contributed by atoms with Gasteiger partial charge in [0.25, 0.3) is 5.91 Å². The van der Waals surface area contributed by atoms with E-state index in [1.807, 2.05) is 85.9 Å². The van der Waals surface area contributed by atoms with Crippen LogP contribution < -0.4 is 4.90 Å². The van der Waals surface area contributed by atoms with E-state index in [0.717, 1.165) is 24.2 Å². The predicted octanol–water partition coefficient (Wildman–Crippen LogP) is 3.82. The van der Waals surface area contributed by atoms with Gasteiger partial charge in [-0.1, -0.05) is 30.3 Å². The quantitative estimate of drug-likeness (QED) is 0.601. The highest BCUT2D eigenvalue weighted by atomic mass is 16.2. The molecule has 28 heavy (non-hydrogen) atoms. The van der Waals surface area contributed by atoms with E-state index in [0.29, 0.717) is 18.8 Å². The maximum absolute atomic E-state index is 13.0. The van der Waals surface area contributed by atoms with Gasteiger partial charge in [0.1, 0.15) is 5.69 Å². The van der Waals surface area contributed by atoms with Crippen molar-refractivity contribution in [1.82, 2.24) is 14.9 Å². The van der Waals surface area contributed by atoms with Gasteiger partial charge in [0, 0.05) is 51.0 Å². The number of hydrogen-bond donors (Lipinski definition) is 0. The molecule has 3 aromatic rings. The number of likely N-dealkylation sites (N-methyl/N-ethyl adjacent to an activating group) is 1. The van der Waals surface area contributed by atoms with Crippen LogP contribution in [0.4, 0.5) is 5.69 Å². The van der Waals surface area contributed by atoms with Gasteiger partial charge < -0.3 is 9.80 Å². The Morgan fingerprint density at radius 2 is 1.71 bits per heavy atom. The molecule has 5 heteroatoms. The first-order chi connectivity index (χ1) is 13.7. The Hall–Kier alpha value is -3.21. The number of anilines is 1. The van der Waals surface area contributed by atoms with E-state index in [4.69, 9.17) is 0 Å². The van der Waals surface area contributed by atoms with Crippen molar-refractivity contribution in [2.75, 3.05) is 25.0 Å². The maximum atomic E-state index is 13.0. The van der Waals surface area contributed by atoms with Gasteiger partial charge in [0.05, 0.1) is 0 Å². The first-order valence-corrected chi connectivity index (χ1v) is 9.56. The Balaban J connectivity index is 1.67. The monoisotopic (exact) mass is 374 g/mol. The van der Waals surface area contributed by atoms with Crippen molar-refractivity contribution in [3.8, 4) is 0 Å². The minimum atomic E-state index is -0.0456. The number of hydrogen-bond acceptors (Lipinski definition) is 4. The largest absolute Gasteiger partial charge is 0.374 e. The lowest BCUT2D eigenvalue weighted by Crippen LogP contribution is -2.31. The van der Waals surface area contributed by atoms with E-state index < -0.39 is 0 Å². The minimum Gasteiger partial charge on any atom is -0.374 e. The van der Waals surface area contributed by atoms with Gasteiger partial charge in [-0.3, -0.25) is 14.8 Å². The third-order valence-electron chi connectivity index (χ3n) is 4.77. The van der Waals surface area contributed by atoms with Gasteiger partial charge in [-0.15, -0.1) is 0 Å². The Morgan fingerprint density at radius 1 is 0.964 bits per heavy atom. The molecule has 0 atom stereocenters. The van der Waals surface area contributed by atoms with Crippen LogP contribution in [-0.2, 0) is 13.0 Å². The molecule has 5 nitrogen and oxygen atoms in total. The fraction of sp³-hybridized carbons (Fsp3) is 0.261. The lowest BCUT2D eigenvalue weighted by atomic mass is 10.2. The van der Waals surface area contributed by atoms with Gasteiger partial charge in [0.2, 0.25) is 0 Å². The third-order valence-corrected chi connectivity index (χ3v) is 4.77. The summed E-state index contributed by atoms with van der Waals surface area (Å²) in [6.07, 6.45) is 6.25. The summed E-state index contributed by atoms with van der Waals surface area (Å²) in [6, 6.07) is 17.9. The molecule has 144 valence electrons. The standard InChI is InChI=1S/C23H26N4O/c1-3-27(18-20-7-5-4-6-8-20)23(28)22-17-21(11-15-25-22)26(2)16-12-19-9-13-24-14-10-19/h4-11,13-15,17H,3,12,16,18H2,1-2H3. The topological polar surface area (TPSA) is 49.3 Å². The first kappa shape index (κ1) is 19.5. The Labute approximate surface area is 166 Å². The second kappa shape index (κ2) is 9.65. The molecule has 0 aliphatic rings. The maximum Gasteiger partial charge on any atom is 0.272 e. The molecular weight excluding hydrogens is 348 g/mol. The molecule has 0 unspecified atom stereocenters. The van der Waals surface area contributed by atoms with Crippen molar-refractivity contribution in [2.45, 2.75) is 19.9 Å². The molecule has 0 spiro atoms. The van der Waals surface area contributed by atoms with Gasteiger partial charge in [-0.05, 0) is 48.7 Å². The highest BCUT2D eigenvalue weighted by Crippen LogP contribution is 2.16. The van der Waals surface area contributed by atoms with Gasteiger partial charge in [-0.2, -0.15) is 0 Å². The van der Waals surface area contributed by atoms with Crippen molar-refractivity contribution in [2.24, 2.45) is 0 Å². The molecule has 2 heterocycles. The summed E-state index contributed by atoms with van der Waals surface area (Å²) in [5, 5.41) is 0. The highest BCUT2D eigenvalue weighted by molar-refractivity contribution is 5.93. The smallest absolute Gasteiger partial charge is 0.272 e. The van der Waals surface area contributed by atoms with Gasteiger partial charge >= 0.3 is 0 Å². The second-order valence-corrected chi connectivity index (χ2v) is 6.73. The molecule has 0 bridgehead atoms. The number of aromatic nitrogens is 2. The molecule has 3 rings (SSSR count). The van der Waals surface area contributed by atoms with Crippen LogP contribution in [0.15, 0.2) is 73.2 Å². The molecule has 0 N–H and O–H groups in total. The Kier molecular flexibility index (Phi) is 6.73. The molecule has 1 amide bonds. The number of amides is 1. The van der Waals surface area contributed by atoms with Crippen molar-refractivity contribution in [1.29, 1.82) is 0 Å². The van der Waals surface area contributed by atoms with Gasteiger partial charge in [-0.25, -0.2) is 0 Å². The van der Waals surface area contributed by atoms with E-state index in [1.165, 1.54) is 5.56 Å². The van der Waals surface area contributed by atoms with Crippen LogP contribution in [0.1, 0.15) is 28.5 Å². The van der Waals surface area contributed by atoms with Crippen LogP contribution in [0.5, 0.6) is 0 Å². The van der Waals surface area contributed by atoms with Crippen LogP contribution in [0.2, 0.25) is 0 Å². The fourth-order valence-corrected chi connectivity index (χ4v) is 3.04. The Morgan fingerprint density at radius 3 is 2.43 bits per heavy atom. The molecule has 0 radical (unpaired) electrons. The SMILES string of the molecule is CCN(Cc1ccccc1)C(=O)c1cc(N(C)CCc2ccncc2)ccn1. The molecule has 0 aliphatic heterocycles. The molecule has 0 aliphatic carbocycles. The number of benzene rings is 1. The lowest BCUT2D eigenvalue weighted by molar-refractivity contribution is 0.0746. The lowest BCUT2D eigenvalue weighted by Gasteiger charge is -2.23. The Bertz CT molecular complexity index is 883. The molecule has 0 saturated heterocycles. The van der Waals surface area contributed by atoms with Crippen molar-refractivity contribution in [3.63, 3.8) is 0 Å². The van der Waals surface area contributed by atoms with Crippen LogP contribution in [0.25, 0.3) is 0 Å². The zero-order chi connectivity index (χ0) is 19.8. The average Bonchev–Trinajstić information content (AvgIpc) is 2.77. The molecule has 1 aromatic carbocycles. The summed E-state index contributed by atoms with van der Waals surface area (Å²) in [6.45, 7) is 4.06. The van der Waals surface area contributed by atoms with Crippen LogP contribution in [0, 0.1) is 0 Å². The fourth-order valence-electron chi connectivity index (χ4n) is 3.04. The third kappa shape index (κ3) is 5.16. The summed E-state index contributed by atoms with van der Waals surface area (Å²) in [5.74, 6) is -0.0456. The molecule has 0 fully saturated rings. The second-order valence-electron chi connectivity index (χ2n) is 6.73.